The van der Waals surface area contributed by atoms with Gasteiger partial charge in [-0.2, -0.15) is 10.2 Å². The Bertz CT molecular complexity index is 712. The number of carbonyl (C=O) groups is 1. The first-order chi connectivity index (χ1) is 10.5. The lowest BCUT2D eigenvalue weighted by Crippen LogP contribution is -2.18. The molecule has 0 fully saturated rings. The molecule has 22 heavy (non-hydrogen) atoms. The van der Waals surface area contributed by atoms with Crippen LogP contribution in [0.5, 0.6) is 11.5 Å². The average Bonchev–Trinajstić information content (AvgIpc) is 2.81. The van der Waals surface area contributed by atoms with E-state index in [9.17, 15) is 9.90 Å². The van der Waals surface area contributed by atoms with Gasteiger partial charge in [0.1, 0.15) is 0 Å². The van der Waals surface area contributed by atoms with Crippen LogP contribution in [0.1, 0.15) is 23.0 Å². The Kier molecular flexibility index (Phi) is 5.16. The molecule has 0 aliphatic heterocycles. The SMILES string of the molecule is CCOc1ccc(C=NNC(=O)c2nn(C)cc2Br)cc1O. The second-order valence-corrected chi connectivity index (χ2v) is 5.21. The van der Waals surface area contributed by atoms with Crippen molar-refractivity contribution < 1.29 is 14.6 Å². The molecule has 1 heterocycles. The summed E-state index contributed by atoms with van der Waals surface area (Å²) in [5.74, 6) is -0.00965. The number of hydrogen-bond acceptors (Lipinski definition) is 5. The normalized spacial score (nSPS) is 10.9. The first kappa shape index (κ1) is 16.0. The maximum absolute atomic E-state index is 11.9. The van der Waals surface area contributed by atoms with Crippen LogP contribution >= 0.6 is 15.9 Å². The van der Waals surface area contributed by atoms with E-state index >= 15 is 0 Å². The number of aromatic nitrogens is 2. The molecule has 1 aromatic carbocycles. The molecule has 2 aromatic rings. The predicted octanol–water partition coefficient (Wildman–Crippen LogP) is 2.05. The van der Waals surface area contributed by atoms with Gasteiger partial charge in [-0.25, -0.2) is 5.43 Å². The molecule has 0 saturated heterocycles. The Labute approximate surface area is 135 Å². The third-order valence-electron chi connectivity index (χ3n) is 2.66. The van der Waals surface area contributed by atoms with Crippen LogP contribution in [0.4, 0.5) is 0 Å². The molecule has 2 N–H and O–H groups in total. The van der Waals surface area contributed by atoms with E-state index in [-0.39, 0.29) is 11.4 Å². The summed E-state index contributed by atoms with van der Waals surface area (Å²) in [5, 5.41) is 17.6. The molecule has 1 amide bonds. The first-order valence-corrected chi connectivity index (χ1v) is 7.29. The van der Waals surface area contributed by atoms with Crippen LogP contribution in [0.15, 0.2) is 34.0 Å². The number of phenolic OH excluding ortho intramolecular Hbond substituents is 1. The molecule has 116 valence electrons. The van der Waals surface area contributed by atoms with E-state index in [1.165, 1.54) is 17.0 Å². The zero-order valence-electron chi connectivity index (χ0n) is 12.1. The van der Waals surface area contributed by atoms with Crippen molar-refractivity contribution >= 4 is 28.1 Å². The number of amides is 1. The van der Waals surface area contributed by atoms with Gasteiger partial charge < -0.3 is 9.84 Å². The third kappa shape index (κ3) is 3.85. The summed E-state index contributed by atoms with van der Waals surface area (Å²) < 4.78 is 7.33. The highest BCUT2D eigenvalue weighted by molar-refractivity contribution is 9.10. The highest BCUT2D eigenvalue weighted by Crippen LogP contribution is 2.26. The first-order valence-electron chi connectivity index (χ1n) is 6.49. The van der Waals surface area contributed by atoms with Crippen LogP contribution in [0, 0.1) is 0 Å². The van der Waals surface area contributed by atoms with Gasteiger partial charge in [0, 0.05) is 13.2 Å². The van der Waals surface area contributed by atoms with Crippen molar-refractivity contribution in [3.05, 3.63) is 40.1 Å². The maximum Gasteiger partial charge on any atom is 0.293 e. The summed E-state index contributed by atoms with van der Waals surface area (Å²) in [4.78, 5) is 11.9. The molecule has 0 unspecified atom stereocenters. The highest BCUT2D eigenvalue weighted by atomic mass is 79.9. The second kappa shape index (κ2) is 7.08. The number of phenols is 1. The molecule has 0 saturated carbocycles. The van der Waals surface area contributed by atoms with E-state index in [2.05, 4.69) is 31.6 Å². The van der Waals surface area contributed by atoms with Gasteiger partial charge in [0.25, 0.3) is 5.91 Å². The van der Waals surface area contributed by atoms with Crippen LogP contribution in [0.2, 0.25) is 0 Å². The number of carbonyl (C=O) groups excluding carboxylic acids is 1. The van der Waals surface area contributed by atoms with Gasteiger partial charge >= 0.3 is 0 Å². The fourth-order valence-corrected chi connectivity index (χ4v) is 2.28. The van der Waals surface area contributed by atoms with Gasteiger partial charge in [0.2, 0.25) is 0 Å². The summed E-state index contributed by atoms with van der Waals surface area (Å²) in [5.41, 5.74) is 3.24. The van der Waals surface area contributed by atoms with Crippen LogP contribution in [-0.4, -0.2) is 33.6 Å². The van der Waals surface area contributed by atoms with E-state index in [0.717, 1.165) is 0 Å². The van der Waals surface area contributed by atoms with Crippen LogP contribution < -0.4 is 10.2 Å². The Morgan fingerprint density at radius 2 is 2.36 bits per heavy atom. The molecule has 0 bridgehead atoms. The molecule has 0 atom stereocenters. The quantitative estimate of drug-likeness (QED) is 0.625. The number of nitrogens with zero attached hydrogens (tertiary/aromatic N) is 3. The van der Waals surface area contributed by atoms with Crippen molar-refractivity contribution in [3.63, 3.8) is 0 Å². The maximum atomic E-state index is 11.9. The van der Waals surface area contributed by atoms with Gasteiger partial charge in [-0.3, -0.25) is 9.48 Å². The van der Waals surface area contributed by atoms with E-state index in [0.29, 0.717) is 22.4 Å². The number of ether oxygens (including phenoxy) is 1. The van der Waals surface area contributed by atoms with Crippen LogP contribution in [-0.2, 0) is 7.05 Å². The number of aryl methyl sites for hydroxylation is 1. The van der Waals surface area contributed by atoms with Gasteiger partial charge in [-0.1, -0.05) is 0 Å². The molecule has 0 aliphatic carbocycles. The van der Waals surface area contributed by atoms with Crippen LogP contribution in [0.3, 0.4) is 0 Å². The minimum atomic E-state index is -0.432. The second-order valence-electron chi connectivity index (χ2n) is 4.36. The zero-order chi connectivity index (χ0) is 16.1. The number of aromatic hydroxyl groups is 1. The van der Waals surface area contributed by atoms with E-state index in [4.69, 9.17) is 4.74 Å². The summed E-state index contributed by atoms with van der Waals surface area (Å²) in [6.07, 6.45) is 3.09. The van der Waals surface area contributed by atoms with Crippen molar-refractivity contribution in [2.45, 2.75) is 6.92 Å². The van der Waals surface area contributed by atoms with Crippen molar-refractivity contribution in [2.24, 2.45) is 12.1 Å². The molecule has 0 aliphatic rings. The Hall–Kier alpha value is -2.35. The summed E-state index contributed by atoms with van der Waals surface area (Å²) in [6, 6.07) is 4.85. The van der Waals surface area contributed by atoms with E-state index in [1.807, 2.05) is 6.92 Å². The molecule has 0 spiro atoms. The molecule has 1 aromatic heterocycles. The van der Waals surface area contributed by atoms with Crippen molar-refractivity contribution in [2.75, 3.05) is 6.61 Å². The number of halogens is 1. The van der Waals surface area contributed by atoms with Gasteiger partial charge in [0.15, 0.2) is 17.2 Å². The highest BCUT2D eigenvalue weighted by Gasteiger charge is 2.13. The number of benzene rings is 1. The number of hydrazone groups is 1. The van der Waals surface area contributed by atoms with Gasteiger partial charge in [0.05, 0.1) is 17.3 Å². The minimum absolute atomic E-state index is 0.0181. The van der Waals surface area contributed by atoms with Crippen molar-refractivity contribution in [3.8, 4) is 11.5 Å². The predicted molar refractivity (Wildman–Crippen MR) is 85.2 cm³/mol. The number of hydrogen-bond donors (Lipinski definition) is 2. The molecule has 0 radical (unpaired) electrons. The molecule has 8 heteroatoms. The van der Waals surface area contributed by atoms with Gasteiger partial charge in [-0.15, -0.1) is 0 Å². The Morgan fingerprint density at radius 3 is 2.95 bits per heavy atom. The Morgan fingerprint density at radius 1 is 1.59 bits per heavy atom. The van der Waals surface area contributed by atoms with Gasteiger partial charge in [-0.05, 0) is 46.6 Å². The lowest BCUT2D eigenvalue weighted by Gasteiger charge is -2.05. The van der Waals surface area contributed by atoms with E-state index in [1.54, 1.807) is 25.4 Å². The zero-order valence-corrected chi connectivity index (χ0v) is 13.7. The largest absolute Gasteiger partial charge is 0.504 e. The fourth-order valence-electron chi connectivity index (χ4n) is 1.72. The lowest BCUT2D eigenvalue weighted by atomic mass is 10.2. The molecular weight excluding hydrogens is 352 g/mol. The molecule has 2 rings (SSSR count). The monoisotopic (exact) mass is 366 g/mol. The summed E-state index contributed by atoms with van der Waals surface area (Å²) >= 11 is 3.24. The average molecular weight is 367 g/mol. The standard InChI is InChI=1S/C14H15BrN4O3/c1-3-22-12-5-4-9(6-11(12)20)7-16-17-14(21)13-10(15)8-19(2)18-13/h4-8,20H,3H2,1-2H3,(H,17,21). The van der Waals surface area contributed by atoms with Crippen molar-refractivity contribution in [1.29, 1.82) is 0 Å². The Balaban J connectivity index is 2.02. The summed E-state index contributed by atoms with van der Waals surface area (Å²) in [6.45, 7) is 2.30. The molecule has 7 nitrogen and oxygen atoms in total. The smallest absolute Gasteiger partial charge is 0.293 e. The fraction of sp³-hybridized carbons (Fsp3) is 0.214. The number of nitrogens with one attached hydrogen (secondary N) is 1. The van der Waals surface area contributed by atoms with Crippen molar-refractivity contribution in [1.82, 2.24) is 15.2 Å². The third-order valence-corrected chi connectivity index (χ3v) is 3.24. The lowest BCUT2D eigenvalue weighted by molar-refractivity contribution is 0.0948. The summed E-state index contributed by atoms with van der Waals surface area (Å²) in [7, 11) is 1.72. The number of rotatable bonds is 5. The van der Waals surface area contributed by atoms with Crippen LogP contribution in [0.25, 0.3) is 0 Å². The topological polar surface area (TPSA) is 88.7 Å². The van der Waals surface area contributed by atoms with E-state index < -0.39 is 5.91 Å². The minimum Gasteiger partial charge on any atom is -0.504 e. The molecular formula is C14H15BrN4O3.